The highest BCUT2D eigenvalue weighted by Gasteiger charge is 2.14. The van der Waals surface area contributed by atoms with Gasteiger partial charge in [-0.2, -0.15) is 4.98 Å². The van der Waals surface area contributed by atoms with E-state index in [0.717, 1.165) is 16.9 Å². The number of hydrogen-bond acceptors (Lipinski definition) is 5. The lowest BCUT2D eigenvalue weighted by Gasteiger charge is -2.17. The molecule has 2 aromatic heterocycles. The summed E-state index contributed by atoms with van der Waals surface area (Å²) in [6.45, 7) is 4.14. The van der Waals surface area contributed by atoms with Gasteiger partial charge in [-0.25, -0.2) is 0 Å². The lowest BCUT2D eigenvalue weighted by molar-refractivity contribution is -0.122. The second-order valence-corrected chi connectivity index (χ2v) is 7.23. The van der Waals surface area contributed by atoms with E-state index < -0.39 is 0 Å². The zero-order valence-corrected chi connectivity index (χ0v) is 15.9. The third-order valence-electron chi connectivity index (χ3n) is 4.23. The van der Waals surface area contributed by atoms with E-state index in [0.29, 0.717) is 31.0 Å². The van der Waals surface area contributed by atoms with Crippen LogP contribution in [0.3, 0.4) is 0 Å². The molecule has 0 aliphatic carbocycles. The fourth-order valence-electron chi connectivity index (χ4n) is 2.75. The predicted molar refractivity (Wildman–Crippen MR) is 103 cm³/mol. The number of carbonyl (C=O) groups excluding carboxylic acids is 1. The van der Waals surface area contributed by atoms with Gasteiger partial charge in [-0.05, 0) is 36.8 Å². The number of amides is 1. The van der Waals surface area contributed by atoms with Crippen LogP contribution in [0.2, 0.25) is 0 Å². The first-order valence-electron chi connectivity index (χ1n) is 8.88. The van der Waals surface area contributed by atoms with Gasteiger partial charge in [-0.1, -0.05) is 48.0 Å². The van der Waals surface area contributed by atoms with Crippen molar-refractivity contribution in [2.45, 2.75) is 45.6 Å². The van der Waals surface area contributed by atoms with Crippen molar-refractivity contribution in [3.8, 4) is 10.7 Å². The Labute approximate surface area is 157 Å². The van der Waals surface area contributed by atoms with E-state index in [4.69, 9.17) is 4.52 Å². The van der Waals surface area contributed by atoms with E-state index >= 15 is 0 Å². The quantitative estimate of drug-likeness (QED) is 0.625. The number of thiophene rings is 1. The number of nitrogens with zero attached hydrogens (tertiary/aromatic N) is 2. The summed E-state index contributed by atoms with van der Waals surface area (Å²) in [7, 11) is 0. The predicted octanol–water partition coefficient (Wildman–Crippen LogP) is 4.70. The van der Waals surface area contributed by atoms with Gasteiger partial charge in [0.1, 0.15) is 0 Å². The van der Waals surface area contributed by atoms with Gasteiger partial charge in [-0.15, -0.1) is 11.3 Å². The van der Waals surface area contributed by atoms with Crippen LogP contribution in [0.1, 0.15) is 49.2 Å². The third-order valence-corrected chi connectivity index (χ3v) is 5.09. The van der Waals surface area contributed by atoms with Crippen molar-refractivity contribution in [2.24, 2.45) is 0 Å². The Morgan fingerprint density at radius 1 is 1.27 bits per heavy atom. The highest BCUT2D eigenvalue weighted by Crippen LogP contribution is 2.22. The number of aryl methyl sites for hydroxylation is 2. The average molecular weight is 369 g/mol. The number of rotatable bonds is 8. The van der Waals surface area contributed by atoms with Gasteiger partial charge in [0.2, 0.25) is 17.6 Å². The summed E-state index contributed by atoms with van der Waals surface area (Å²) in [4.78, 5) is 17.6. The maximum Gasteiger partial charge on any atom is 0.226 e. The fourth-order valence-corrected chi connectivity index (χ4v) is 3.40. The summed E-state index contributed by atoms with van der Waals surface area (Å²) in [6, 6.07) is 12.3. The first-order valence-corrected chi connectivity index (χ1v) is 9.76. The van der Waals surface area contributed by atoms with Crippen LogP contribution < -0.4 is 5.32 Å². The minimum absolute atomic E-state index is 0.0513. The molecule has 3 rings (SSSR count). The van der Waals surface area contributed by atoms with Gasteiger partial charge in [0.05, 0.1) is 10.9 Å². The number of benzene rings is 1. The normalized spacial score (nSPS) is 12.1. The molecule has 6 heteroatoms. The van der Waals surface area contributed by atoms with Crippen LogP contribution >= 0.6 is 11.3 Å². The van der Waals surface area contributed by atoms with Crippen molar-refractivity contribution in [1.29, 1.82) is 0 Å². The van der Waals surface area contributed by atoms with E-state index in [1.807, 2.05) is 17.5 Å². The molecule has 0 fully saturated rings. The minimum atomic E-state index is 0.0513. The van der Waals surface area contributed by atoms with Crippen molar-refractivity contribution in [1.82, 2.24) is 15.5 Å². The van der Waals surface area contributed by atoms with E-state index in [9.17, 15) is 4.79 Å². The summed E-state index contributed by atoms with van der Waals surface area (Å²) >= 11 is 1.58. The maximum atomic E-state index is 12.3. The summed E-state index contributed by atoms with van der Waals surface area (Å²) in [5, 5.41) is 9.08. The Morgan fingerprint density at radius 3 is 2.77 bits per heavy atom. The van der Waals surface area contributed by atoms with E-state index in [2.05, 4.69) is 53.6 Å². The van der Waals surface area contributed by atoms with Crippen molar-refractivity contribution >= 4 is 17.2 Å². The monoisotopic (exact) mass is 369 g/mol. The summed E-state index contributed by atoms with van der Waals surface area (Å²) in [5.74, 6) is 1.24. The molecule has 1 amide bonds. The second kappa shape index (κ2) is 8.76. The Balaban J connectivity index is 1.47. The molecule has 1 aromatic carbocycles. The standard InChI is InChI=1S/C20H23N3O2S/c1-3-16(15-11-9-14(2)10-12-15)21-18(24)7-4-8-19-22-20(23-25-19)17-6-5-13-26-17/h5-6,9-13,16H,3-4,7-8H2,1-2H3,(H,21,24). The number of aromatic nitrogens is 2. The molecule has 1 atom stereocenters. The van der Waals surface area contributed by atoms with Crippen molar-refractivity contribution in [3.05, 3.63) is 58.8 Å². The Kier molecular flexibility index (Phi) is 6.17. The van der Waals surface area contributed by atoms with Crippen LogP contribution in [0.15, 0.2) is 46.3 Å². The first-order chi connectivity index (χ1) is 12.7. The van der Waals surface area contributed by atoms with Gasteiger partial charge >= 0.3 is 0 Å². The molecule has 1 N–H and O–H groups in total. The van der Waals surface area contributed by atoms with Crippen LogP contribution in [0.4, 0.5) is 0 Å². The Morgan fingerprint density at radius 2 is 2.08 bits per heavy atom. The average Bonchev–Trinajstić information content (AvgIpc) is 3.32. The molecule has 0 radical (unpaired) electrons. The number of hydrogen-bond donors (Lipinski definition) is 1. The van der Waals surface area contributed by atoms with Gasteiger partial charge in [0, 0.05) is 12.8 Å². The Hall–Kier alpha value is -2.47. The molecule has 0 spiro atoms. The zero-order valence-electron chi connectivity index (χ0n) is 15.1. The largest absolute Gasteiger partial charge is 0.349 e. The van der Waals surface area contributed by atoms with Crippen molar-refractivity contribution in [3.63, 3.8) is 0 Å². The smallest absolute Gasteiger partial charge is 0.226 e. The Bertz CT molecular complexity index is 825. The van der Waals surface area contributed by atoms with Crippen LogP contribution in [-0.4, -0.2) is 16.0 Å². The molecule has 136 valence electrons. The highest BCUT2D eigenvalue weighted by molar-refractivity contribution is 7.13. The lowest BCUT2D eigenvalue weighted by Crippen LogP contribution is -2.28. The fraction of sp³-hybridized carbons (Fsp3) is 0.350. The third kappa shape index (κ3) is 4.79. The molecule has 5 nitrogen and oxygen atoms in total. The van der Waals surface area contributed by atoms with E-state index in [1.54, 1.807) is 11.3 Å². The van der Waals surface area contributed by atoms with Gasteiger partial charge in [0.25, 0.3) is 0 Å². The van der Waals surface area contributed by atoms with Gasteiger partial charge in [0.15, 0.2) is 0 Å². The molecule has 3 aromatic rings. The van der Waals surface area contributed by atoms with Crippen molar-refractivity contribution < 1.29 is 9.32 Å². The van der Waals surface area contributed by atoms with Crippen LogP contribution in [-0.2, 0) is 11.2 Å². The van der Waals surface area contributed by atoms with Crippen LogP contribution in [0.25, 0.3) is 10.7 Å². The topological polar surface area (TPSA) is 68.0 Å². The van der Waals surface area contributed by atoms with Gasteiger partial charge in [-0.3, -0.25) is 4.79 Å². The molecular formula is C20H23N3O2S. The summed E-state index contributed by atoms with van der Waals surface area (Å²) < 4.78 is 5.27. The minimum Gasteiger partial charge on any atom is -0.349 e. The molecule has 26 heavy (non-hydrogen) atoms. The number of carbonyl (C=O) groups is 1. The first kappa shape index (κ1) is 18.3. The summed E-state index contributed by atoms with van der Waals surface area (Å²) in [6.07, 6.45) is 2.59. The molecule has 1 unspecified atom stereocenters. The summed E-state index contributed by atoms with van der Waals surface area (Å²) in [5.41, 5.74) is 2.36. The molecule has 2 heterocycles. The van der Waals surface area contributed by atoms with Crippen molar-refractivity contribution in [2.75, 3.05) is 0 Å². The second-order valence-electron chi connectivity index (χ2n) is 6.28. The maximum absolute atomic E-state index is 12.3. The molecular weight excluding hydrogens is 346 g/mol. The van der Waals surface area contributed by atoms with E-state index in [1.165, 1.54) is 5.56 Å². The zero-order chi connectivity index (χ0) is 18.4. The molecule has 0 aliphatic rings. The number of nitrogens with one attached hydrogen (secondary N) is 1. The molecule has 0 bridgehead atoms. The SMILES string of the molecule is CCC(NC(=O)CCCc1nc(-c2cccs2)no1)c1ccc(C)cc1. The molecule has 0 saturated heterocycles. The molecule has 0 aliphatic heterocycles. The van der Waals surface area contributed by atoms with Gasteiger partial charge < -0.3 is 9.84 Å². The van der Waals surface area contributed by atoms with Crippen LogP contribution in [0.5, 0.6) is 0 Å². The van der Waals surface area contributed by atoms with E-state index in [-0.39, 0.29) is 11.9 Å². The lowest BCUT2D eigenvalue weighted by atomic mass is 10.0. The van der Waals surface area contributed by atoms with Crippen LogP contribution in [0, 0.1) is 6.92 Å². The highest BCUT2D eigenvalue weighted by atomic mass is 32.1. The molecule has 0 saturated carbocycles.